The third kappa shape index (κ3) is 2.91. The number of rotatable bonds is 2. The first-order valence-electron chi connectivity index (χ1n) is 6.93. The van der Waals surface area contributed by atoms with Gasteiger partial charge in [-0.15, -0.1) is 0 Å². The fourth-order valence-electron chi connectivity index (χ4n) is 2.83. The second-order valence-electron chi connectivity index (χ2n) is 5.34. The number of likely N-dealkylation sites (tertiary alicyclic amines) is 1. The van der Waals surface area contributed by atoms with Crippen molar-refractivity contribution in [3.05, 3.63) is 34.9 Å². The fourth-order valence-corrected chi connectivity index (χ4v) is 2.83. The SMILES string of the molecule is Cc1ccc(C(C#N)N2CCCCCC2)c(C)c1. The minimum atomic E-state index is -0.0660. The molecule has 0 N–H and O–H groups in total. The van der Waals surface area contributed by atoms with Crippen LogP contribution < -0.4 is 0 Å². The third-order valence-electron chi connectivity index (χ3n) is 3.85. The molecule has 96 valence electrons. The summed E-state index contributed by atoms with van der Waals surface area (Å²) in [5.41, 5.74) is 3.69. The molecule has 1 unspecified atom stereocenters. The van der Waals surface area contributed by atoms with Gasteiger partial charge in [-0.1, -0.05) is 36.6 Å². The van der Waals surface area contributed by atoms with Gasteiger partial charge in [0, 0.05) is 0 Å². The maximum atomic E-state index is 9.53. The molecule has 18 heavy (non-hydrogen) atoms. The number of hydrogen-bond acceptors (Lipinski definition) is 2. The van der Waals surface area contributed by atoms with Crippen molar-refractivity contribution in [1.82, 2.24) is 4.90 Å². The molecule has 1 fully saturated rings. The highest BCUT2D eigenvalue weighted by molar-refractivity contribution is 5.35. The van der Waals surface area contributed by atoms with Crippen molar-refractivity contribution in [3.8, 4) is 6.07 Å². The van der Waals surface area contributed by atoms with Crippen LogP contribution in [0.2, 0.25) is 0 Å². The summed E-state index contributed by atoms with van der Waals surface area (Å²) in [7, 11) is 0. The van der Waals surface area contributed by atoms with Crippen LogP contribution in [0.15, 0.2) is 18.2 Å². The Morgan fingerprint density at radius 2 is 1.78 bits per heavy atom. The van der Waals surface area contributed by atoms with E-state index in [1.807, 2.05) is 0 Å². The monoisotopic (exact) mass is 242 g/mol. The molecule has 2 heteroatoms. The van der Waals surface area contributed by atoms with Gasteiger partial charge in [-0.25, -0.2) is 0 Å². The van der Waals surface area contributed by atoms with Crippen molar-refractivity contribution < 1.29 is 0 Å². The molecule has 1 aliphatic heterocycles. The predicted molar refractivity (Wildman–Crippen MR) is 74.3 cm³/mol. The van der Waals surface area contributed by atoms with Crippen molar-refractivity contribution in [3.63, 3.8) is 0 Å². The highest BCUT2D eigenvalue weighted by Crippen LogP contribution is 2.26. The average molecular weight is 242 g/mol. The summed E-state index contributed by atoms with van der Waals surface area (Å²) >= 11 is 0. The van der Waals surface area contributed by atoms with Gasteiger partial charge < -0.3 is 0 Å². The summed E-state index contributed by atoms with van der Waals surface area (Å²) in [5.74, 6) is 0. The maximum absolute atomic E-state index is 9.53. The molecule has 1 aromatic rings. The predicted octanol–water partition coefficient (Wildman–Crippen LogP) is 3.74. The van der Waals surface area contributed by atoms with E-state index < -0.39 is 0 Å². The number of aryl methyl sites for hydroxylation is 2. The Labute approximate surface area is 110 Å². The number of benzene rings is 1. The Bertz CT molecular complexity index is 437. The van der Waals surface area contributed by atoms with E-state index in [1.165, 1.54) is 42.4 Å². The van der Waals surface area contributed by atoms with Crippen molar-refractivity contribution >= 4 is 0 Å². The lowest BCUT2D eigenvalue weighted by Gasteiger charge is -2.26. The van der Waals surface area contributed by atoms with Crippen molar-refractivity contribution in [2.45, 2.75) is 45.6 Å². The zero-order valence-electron chi connectivity index (χ0n) is 11.4. The van der Waals surface area contributed by atoms with Gasteiger partial charge in [-0.3, -0.25) is 4.90 Å². The molecule has 0 aliphatic carbocycles. The summed E-state index contributed by atoms with van der Waals surface area (Å²) in [6, 6.07) is 8.86. The first-order valence-corrected chi connectivity index (χ1v) is 6.93. The minimum absolute atomic E-state index is 0.0660. The molecular formula is C16H22N2. The molecule has 1 heterocycles. The minimum Gasteiger partial charge on any atom is -0.284 e. The van der Waals surface area contributed by atoms with Gasteiger partial charge in [0.15, 0.2) is 0 Å². The van der Waals surface area contributed by atoms with Crippen LogP contribution in [0.1, 0.15) is 48.4 Å². The van der Waals surface area contributed by atoms with Gasteiger partial charge in [0.05, 0.1) is 6.07 Å². The molecule has 1 aliphatic rings. The Balaban J connectivity index is 2.24. The van der Waals surface area contributed by atoms with Gasteiger partial charge in [0.25, 0.3) is 0 Å². The molecule has 1 atom stereocenters. The van der Waals surface area contributed by atoms with E-state index >= 15 is 0 Å². The molecule has 2 rings (SSSR count). The van der Waals surface area contributed by atoms with Crippen molar-refractivity contribution in [2.75, 3.05) is 13.1 Å². The van der Waals surface area contributed by atoms with Crippen LogP contribution in [0.3, 0.4) is 0 Å². The summed E-state index contributed by atoms with van der Waals surface area (Å²) in [5, 5.41) is 9.53. The maximum Gasteiger partial charge on any atom is 0.124 e. The molecule has 0 radical (unpaired) electrons. The molecule has 1 aromatic carbocycles. The Morgan fingerprint density at radius 3 is 2.33 bits per heavy atom. The standard InChI is InChI=1S/C16H22N2/c1-13-7-8-15(14(2)11-13)16(12-17)18-9-5-3-4-6-10-18/h7-8,11,16H,3-6,9-10H2,1-2H3. The Morgan fingerprint density at radius 1 is 1.11 bits per heavy atom. The zero-order valence-corrected chi connectivity index (χ0v) is 11.4. The van der Waals surface area contributed by atoms with Gasteiger partial charge in [0.2, 0.25) is 0 Å². The Kier molecular flexibility index (Phi) is 4.38. The van der Waals surface area contributed by atoms with Crippen LogP contribution in [0.5, 0.6) is 0 Å². The van der Waals surface area contributed by atoms with Crippen LogP contribution in [0.25, 0.3) is 0 Å². The van der Waals surface area contributed by atoms with Gasteiger partial charge in [-0.05, 0) is 50.9 Å². The number of nitrogens with zero attached hydrogens (tertiary/aromatic N) is 2. The molecular weight excluding hydrogens is 220 g/mol. The van der Waals surface area contributed by atoms with Gasteiger partial charge in [0.1, 0.15) is 6.04 Å². The lowest BCUT2D eigenvalue weighted by Crippen LogP contribution is -2.29. The molecule has 0 amide bonds. The summed E-state index contributed by atoms with van der Waals surface area (Å²) in [6.07, 6.45) is 5.06. The highest BCUT2D eigenvalue weighted by Gasteiger charge is 2.22. The van der Waals surface area contributed by atoms with E-state index in [4.69, 9.17) is 0 Å². The molecule has 0 saturated carbocycles. The molecule has 0 spiro atoms. The number of nitriles is 1. The normalized spacial score (nSPS) is 18.9. The van der Waals surface area contributed by atoms with Crippen LogP contribution in [0.4, 0.5) is 0 Å². The van der Waals surface area contributed by atoms with E-state index in [0.29, 0.717) is 0 Å². The zero-order chi connectivity index (χ0) is 13.0. The smallest absolute Gasteiger partial charge is 0.124 e. The third-order valence-corrected chi connectivity index (χ3v) is 3.85. The lowest BCUT2D eigenvalue weighted by atomic mass is 9.98. The molecule has 0 bridgehead atoms. The van der Waals surface area contributed by atoms with Crippen LogP contribution >= 0.6 is 0 Å². The highest BCUT2D eigenvalue weighted by atomic mass is 15.2. The van der Waals surface area contributed by atoms with E-state index in [1.54, 1.807) is 0 Å². The Hall–Kier alpha value is -1.33. The molecule has 0 aromatic heterocycles. The fraction of sp³-hybridized carbons (Fsp3) is 0.562. The molecule has 1 saturated heterocycles. The molecule has 2 nitrogen and oxygen atoms in total. The topological polar surface area (TPSA) is 27.0 Å². The van der Waals surface area contributed by atoms with E-state index in [9.17, 15) is 5.26 Å². The summed E-state index contributed by atoms with van der Waals surface area (Å²) in [6.45, 7) is 6.34. The first kappa shape index (κ1) is 13.1. The first-order chi connectivity index (χ1) is 8.72. The quantitative estimate of drug-likeness (QED) is 0.790. The summed E-state index contributed by atoms with van der Waals surface area (Å²) < 4.78 is 0. The largest absolute Gasteiger partial charge is 0.284 e. The van der Waals surface area contributed by atoms with E-state index in [2.05, 4.69) is 43.0 Å². The second kappa shape index (κ2) is 6.02. The average Bonchev–Trinajstić information content (AvgIpc) is 2.62. The van der Waals surface area contributed by atoms with Gasteiger partial charge >= 0.3 is 0 Å². The van der Waals surface area contributed by atoms with Crippen LogP contribution in [-0.2, 0) is 0 Å². The van der Waals surface area contributed by atoms with E-state index in [-0.39, 0.29) is 6.04 Å². The van der Waals surface area contributed by atoms with Crippen LogP contribution in [-0.4, -0.2) is 18.0 Å². The van der Waals surface area contributed by atoms with Gasteiger partial charge in [-0.2, -0.15) is 5.26 Å². The van der Waals surface area contributed by atoms with Crippen molar-refractivity contribution in [1.29, 1.82) is 5.26 Å². The van der Waals surface area contributed by atoms with Crippen LogP contribution in [0, 0.1) is 25.2 Å². The number of hydrogen-bond donors (Lipinski definition) is 0. The van der Waals surface area contributed by atoms with Crippen molar-refractivity contribution in [2.24, 2.45) is 0 Å². The second-order valence-corrected chi connectivity index (χ2v) is 5.34. The summed E-state index contributed by atoms with van der Waals surface area (Å²) in [4.78, 5) is 2.35. The van der Waals surface area contributed by atoms with E-state index in [0.717, 1.165) is 13.1 Å². The lowest BCUT2D eigenvalue weighted by molar-refractivity contribution is 0.245.